The van der Waals surface area contributed by atoms with Gasteiger partial charge in [-0.15, -0.1) is 0 Å². The summed E-state index contributed by atoms with van der Waals surface area (Å²) in [6.45, 7) is 12.7. The van der Waals surface area contributed by atoms with Crippen molar-refractivity contribution in [3.63, 3.8) is 0 Å². The summed E-state index contributed by atoms with van der Waals surface area (Å²) in [5.41, 5.74) is 3.69. The normalized spacial score (nSPS) is 15.8. The maximum absolute atomic E-state index is 13.4. The number of nitrogens with one attached hydrogen (secondary N) is 4. The highest BCUT2D eigenvalue weighted by Crippen LogP contribution is 2.41. The number of aromatic nitrogens is 6. The van der Waals surface area contributed by atoms with Crippen molar-refractivity contribution >= 4 is 41.1 Å². The second kappa shape index (κ2) is 21.1. The highest BCUT2D eigenvalue weighted by molar-refractivity contribution is 5.86. The molecule has 2 saturated carbocycles. The van der Waals surface area contributed by atoms with E-state index in [2.05, 4.69) is 73.1 Å². The van der Waals surface area contributed by atoms with Crippen LogP contribution >= 0.6 is 0 Å². The smallest absolute Gasteiger partial charge is 0.325 e. The lowest BCUT2D eigenvalue weighted by atomic mass is 9.70. The molecule has 0 spiro atoms. The van der Waals surface area contributed by atoms with Gasteiger partial charge >= 0.3 is 5.97 Å². The van der Waals surface area contributed by atoms with Gasteiger partial charge < -0.3 is 20.7 Å². The van der Waals surface area contributed by atoms with Crippen LogP contribution in [0.1, 0.15) is 123 Å². The first kappa shape index (κ1) is 47.4. The van der Waals surface area contributed by atoms with E-state index in [-0.39, 0.29) is 36.0 Å². The molecule has 6 N–H and O–H groups in total. The van der Waals surface area contributed by atoms with E-state index < -0.39 is 16.8 Å². The van der Waals surface area contributed by atoms with E-state index in [1.807, 2.05) is 88.2 Å². The summed E-state index contributed by atoms with van der Waals surface area (Å²) >= 11 is 0. The summed E-state index contributed by atoms with van der Waals surface area (Å²) in [4.78, 5) is 47.8. The maximum atomic E-state index is 13.4. The Bertz CT molecular complexity index is 2300. The molecule has 0 unspecified atom stereocenters. The number of nitrogens with zero attached hydrogens (tertiary/aromatic N) is 6. The molecule has 2 fully saturated rings. The van der Waals surface area contributed by atoms with Gasteiger partial charge in [-0.1, -0.05) is 81.0 Å². The van der Waals surface area contributed by atoms with Crippen LogP contribution in [0.15, 0.2) is 91.3 Å². The number of benzene rings is 1. The molecule has 2 aliphatic rings. The highest BCUT2D eigenvalue weighted by Gasteiger charge is 2.41. The number of carbonyl (C=O) groups is 3. The third kappa shape index (κ3) is 12.5. The van der Waals surface area contributed by atoms with E-state index in [1.165, 1.54) is 6.42 Å². The Kier molecular flexibility index (Phi) is 15.6. The first-order chi connectivity index (χ1) is 30.6. The lowest BCUT2D eigenvalue weighted by molar-refractivity contribution is -0.146. The molecule has 0 radical (unpaired) electrons. The van der Waals surface area contributed by atoms with Crippen molar-refractivity contribution in [3.8, 4) is 0 Å². The van der Waals surface area contributed by atoms with Crippen LogP contribution in [-0.2, 0) is 49.6 Å². The number of carbonyl (C=O) groups excluding carboxylic acids is 3. The third-order valence-corrected chi connectivity index (χ3v) is 12.1. The van der Waals surface area contributed by atoms with Gasteiger partial charge in [0.05, 0.1) is 34.3 Å². The van der Waals surface area contributed by atoms with Crippen LogP contribution in [-0.4, -0.2) is 53.9 Å². The lowest BCUT2D eigenvalue weighted by Crippen LogP contribution is -2.46. The number of hydrogen-bond acceptors (Lipinski definition) is 11. The molecule has 4 heterocycles. The van der Waals surface area contributed by atoms with Crippen LogP contribution in [0.5, 0.6) is 0 Å². The van der Waals surface area contributed by atoms with Crippen molar-refractivity contribution in [1.29, 1.82) is 0 Å². The molecule has 0 bridgehead atoms. The molecule has 2 amide bonds. The van der Waals surface area contributed by atoms with Gasteiger partial charge in [0, 0.05) is 36.4 Å². The standard InChI is InChI=1S/C29H37N5O3.C20H30N6O/c1-28(2,3)34-25(15-18-31-34)33-24-14-10-13-23(32-24)19-29(16-8-5-9-17-29)27(36)30-20-26(35)37-21-22-11-6-4-7-12-22;1-19(2,3)26-17(10-13-22-26)24-16-9-7-8-15(23-16)14-20(18(27)25-21)11-5-4-6-12-20/h4,6-7,10-15,18H,5,8-9,16-17,19-21H2,1-3H3,(H,30,36)(H,32,33);7-10,13H,4-6,11-12,14,21H2,1-3H3,(H,23,24)(H,25,27). The Balaban J connectivity index is 0.000000223. The van der Waals surface area contributed by atoms with Gasteiger partial charge in [-0.25, -0.2) is 25.2 Å². The van der Waals surface area contributed by atoms with Crippen molar-refractivity contribution in [1.82, 2.24) is 40.3 Å². The topological polar surface area (TPSA) is 196 Å². The average Bonchev–Trinajstić information content (AvgIpc) is 3.96. The number of hydrogen-bond donors (Lipinski definition) is 5. The number of amides is 2. The van der Waals surface area contributed by atoms with Gasteiger partial charge in [-0.05, 0) is 97.1 Å². The van der Waals surface area contributed by atoms with Gasteiger partial charge in [0.2, 0.25) is 11.8 Å². The monoisotopic (exact) mass is 874 g/mol. The Morgan fingerprint density at radius 3 is 1.55 bits per heavy atom. The van der Waals surface area contributed by atoms with E-state index in [0.29, 0.717) is 18.7 Å². The van der Waals surface area contributed by atoms with E-state index in [1.54, 1.807) is 12.4 Å². The molecule has 0 aliphatic heterocycles. The zero-order chi connectivity index (χ0) is 45.8. The fourth-order valence-corrected chi connectivity index (χ4v) is 8.82. The Labute approximate surface area is 377 Å². The third-order valence-electron chi connectivity index (χ3n) is 12.1. The molecular formula is C49H67N11O4. The van der Waals surface area contributed by atoms with Crippen LogP contribution in [0.4, 0.5) is 23.3 Å². The van der Waals surface area contributed by atoms with E-state index >= 15 is 0 Å². The van der Waals surface area contributed by atoms with Gasteiger partial charge in [0.25, 0.3) is 0 Å². The minimum atomic E-state index is -0.587. The maximum Gasteiger partial charge on any atom is 0.325 e. The minimum absolute atomic E-state index is 0.0758. The van der Waals surface area contributed by atoms with Crippen LogP contribution in [0, 0.1) is 10.8 Å². The van der Waals surface area contributed by atoms with Crippen LogP contribution in [0.3, 0.4) is 0 Å². The molecule has 1 aromatic carbocycles. The number of hydrazine groups is 1. The molecular weight excluding hydrogens is 807 g/mol. The minimum Gasteiger partial charge on any atom is -0.460 e. The molecule has 7 rings (SSSR count). The van der Waals surface area contributed by atoms with Gasteiger partial charge in [0.15, 0.2) is 0 Å². The van der Waals surface area contributed by atoms with Gasteiger partial charge in [-0.2, -0.15) is 10.2 Å². The van der Waals surface area contributed by atoms with Crippen molar-refractivity contribution in [2.45, 2.75) is 136 Å². The van der Waals surface area contributed by atoms with Crippen LogP contribution in [0.2, 0.25) is 0 Å². The zero-order valence-electron chi connectivity index (χ0n) is 38.5. The first-order valence-corrected chi connectivity index (χ1v) is 22.6. The van der Waals surface area contributed by atoms with Gasteiger partial charge in [-0.3, -0.25) is 19.8 Å². The van der Waals surface area contributed by atoms with Crippen molar-refractivity contribution < 1.29 is 19.1 Å². The molecule has 4 aromatic heterocycles. The van der Waals surface area contributed by atoms with Crippen molar-refractivity contribution in [2.24, 2.45) is 16.7 Å². The van der Waals surface area contributed by atoms with Gasteiger partial charge in [0.1, 0.15) is 36.4 Å². The second-order valence-corrected chi connectivity index (χ2v) is 19.2. The number of nitrogens with two attached hydrogens (primary N) is 1. The summed E-state index contributed by atoms with van der Waals surface area (Å²) in [6.07, 6.45) is 14.3. The van der Waals surface area contributed by atoms with E-state index in [9.17, 15) is 14.4 Å². The number of esters is 1. The van der Waals surface area contributed by atoms with Crippen molar-refractivity contribution in [2.75, 3.05) is 17.2 Å². The summed E-state index contributed by atoms with van der Waals surface area (Å²) < 4.78 is 9.20. The van der Waals surface area contributed by atoms with E-state index in [0.717, 1.165) is 92.2 Å². The Hall–Kier alpha value is -6.09. The number of pyridine rings is 2. The molecule has 5 aromatic rings. The lowest BCUT2D eigenvalue weighted by Gasteiger charge is -2.35. The molecule has 0 saturated heterocycles. The molecule has 342 valence electrons. The Morgan fingerprint density at radius 1 is 0.625 bits per heavy atom. The highest BCUT2D eigenvalue weighted by atomic mass is 16.5. The second-order valence-electron chi connectivity index (χ2n) is 19.2. The average molecular weight is 874 g/mol. The Morgan fingerprint density at radius 2 is 1.09 bits per heavy atom. The summed E-state index contributed by atoms with van der Waals surface area (Å²) in [7, 11) is 0. The molecule has 0 atom stereocenters. The summed E-state index contributed by atoms with van der Waals surface area (Å²) in [6, 6.07) is 25.1. The number of ether oxygens (including phenoxy) is 1. The van der Waals surface area contributed by atoms with Crippen LogP contribution in [0.25, 0.3) is 0 Å². The predicted molar refractivity (Wildman–Crippen MR) is 250 cm³/mol. The number of anilines is 4. The first-order valence-electron chi connectivity index (χ1n) is 22.6. The largest absolute Gasteiger partial charge is 0.460 e. The number of rotatable bonds is 14. The quantitative estimate of drug-likeness (QED) is 0.0311. The fraction of sp³-hybridized carbons (Fsp3) is 0.490. The molecule has 15 nitrogen and oxygen atoms in total. The zero-order valence-corrected chi connectivity index (χ0v) is 38.5. The fourth-order valence-electron chi connectivity index (χ4n) is 8.82. The van der Waals surface area contributed by atoms with E-state index in [4.69, 9.17) is 20.5 Å². The molecule has 64 heavy (non-hydrogen) atoms. The van der Waals surface area contributed by atoms with Crippen LogP contribution < -0.4 is 27.2 Å². The predicted octanol–water partition coefficient (Wildman–Crippen LogP) is 8.39. The summed E-state index contributed by atoms with van der Waals surface area (Å²) in [5.74, 6) is 8.06. The van der Waals surface area contributed by atoms with Crippen molar-refractivity contribution in [3.05, 3.63) is 108 Å². The molecule has 15 heteroatoms. The summed E-state index contributed by atoms with van der Waals surface area (Å²) in [5, 5.41) is 18.4. The SMILES string of the molecule is CC(C)(C)n1nccc1Nc1cccc(CC2(C(=O)NCC(=O)OCc3ccccc3)CCCCC2)n1.CC(C)(C)n1nccc1Nc1cccc(CC2(C(=O)NN)CCCCC2)n1. The molecule has 2 aliphatic carbocycles.